The fourth-order valence-corrected chi connectivity index (χ4v) is 1.94. The molecule has 1 aromatic rings. The number of carbonyl (C=O) groups excluding carboxylic acids is 1. The molecule has 20 heavy (non-hydrogen) atoms. The van der Waals surface area contributed by atoms with Crippen molar-refractivity contribution in [2.24, 2.45) is 5.92 Å². The van der Waals surface area contributed by atoms with Gasteiger partial charge in [-0.25, -0.2) is 0 Å². The molecule has 0 saturated heterocycles. The van der Waals surface area contributed by atoms with E-state index in [1.165, 1.54) is 0 Å². The van der Waals surface area contributed by atoms with Crippen molar-refractivity contribution >= 4 is 5.91 Å². The highest BCUT2D eigenvalue weighted by molar-refractivity contribution is 5.76. The number of nitrogens with one attached hydrogen (secondary N) is 2. The minimum absolute atomic E-state index is 0.0218. The summed E-state index contributed by atoms with van der Waals surface area (Å²) in [5.41, 5.74) is 1.89. The van der Waals surface area contributed by atoms with Crippen LogP contribution in [0, 0.1) is 12.8 Å². The van der Waals surface area contributed by atoms with Gasteiger partial charge in [0.15, 0.2) is 0 Å². The zero-order valence-electron chi connectivity index (χ0n) is 12.9. The third kappa shape index (κ3) is 5.61. The van der Waals surface area contributed by atoms with Crippen molar-refractivity contribution in [2.75, 3.05) is 13.1 Å². The van der Waals surface area contributed by atoms with Crippen LogP contribution in [0.5, 0.6) is 5.75 Å². The summed E-state index contributed by atoms with van der Waals surface area (Å²) < 4.78 is 0. The molecule has 0 saturated carbocycles. The van der Waals surface area contributed by atoms with Crippen LogP contribution in [0.1, 0.15) is 44.4 Å². The zero-order valence-corrected chi connectivity index (χ0v) is 12.9. The van der Waals surface area contributed by atoms with Crippen LogP contribution in [0.3, 0.4) is 0 Å². The van der Waals surface area contributed by atoms with Crippen LogP contribution in [0.4, 0.5) is 0 Å². The highest BCUT2D eigenvalue weighted by atomic mass is 16.3. The van der Waals surface area contributed by atoms with E-state index in [2.05, 4.69) is 24.5 Å². The van der Waals surface area contributed by atoms with Crippen molar-refractivity contribution in [2.45, 2.75) is 40.2 Å². The number of benzene rings is 1. The molecule has 0 aliphatic carbocycles. The molecule has 4 nitrogen and oxygen atoms in total. The molecule has 112 valence electrons. The highest BCUT2D eigenvalue weighted by Crippen LogP contribution is 2.24. The van der Waals surface area contributed by atoms with Crippen LogP contribution < -0.4 is 10.6 Å². The molecule has 0 spiro atoms. The number of carbonyl (C=O) groups is 1. The van der Waals surface area contributed by atoms with E-state index in [9.17, 15) is 9.90 Å². The summed E-state index contributed by atoms with van der Waals surface area (Å²) in [4.78, 5) is 11.6. The first kappa shape index (κ1) is 16.5. The summed E-state index contributed by atoms with van der Waals surface area (Å²) in [5.74, 6) is 0.830. The molecule has 0 radical (unpaired) electrons. The average molecular weight is 278 g/mol. The number of hydrogen-bond donors (Lipinski definition) is 3. The number of phenolic OH excluding ortho intramolecular Hbond substituents is 1. The zero-order chi connectivity index (χ0) is 15.1. The minimum atomic E-state index is 0.0218. The number of rotatable bonds is 7. The maximum absolute atomic E-state index is 11.6. The summed E-state index contributed by atoms with van der Waals surface area (Å²) >= 11 is 0. The molecule has 3 N–H and O–H groups in total. The monoisotopic (exact) mass is 278 g/mol. The Balaban J connectivity index is 2.36. The lowest BCUT2D eigenvalue weighted by atomic mass is 10.0. The van der Waals surface area contributed by atoms with Gasteiger partial charge in [0.25, 0.3) is 0 Å². The molecule has 1 atom stereocenters. The second-order valence-corrected chi connectivity index (χ2v) is 5.69. The molecule has 1 rings (SSSR count). The van der Waals surface area contributed by atoms with Crippen molar-refractivity contribution in [3.05, 3.63) is 29.3 Å². The SMILES string of the molecule is Cc1ccc(C(C)NCCC(=O)NCC(C)C)c(O)c1. The molecule has 1 aromatic carbocycles. The van der Waals surface area contributed by atoms with Gasteiger partial charge in [-0.3, -0.25) is 4.79 Å². The molecule has 0 aliphatic heterocycles. The first-order valence-corrected chi connectivity index (χ1v) is 7.19. The number of amides is 1. The van der Waals surface area contributed by atoms with E-state index in [1.807, 2.05) is 26.0 Å². The Morgan fingerprint density at radius 1 is 1.30 bits per heavy atom. The van der Waals surface area contributed by atoms with Gasteiger partial charge in [-0.05, 0) is 31.4 Å². The molecule has 4 heteroatoms. The van der Waals surface area contributed by atoms with E-state index in [0.717, 1.165) is 11.1 Å². The summed E-state index contributed by atoms with van der Waals surface area (Å²) in [6.45, 7) is 9.38. The van der Waals surface area contributed by atoms with Gasteiger partial charge in [0.05, 0.1) is 0 Å². The Hall–Kier alpha value is -1.55. The molecule has 0 aromatic heterocycles. The third-order valence-electron chi connectivity index (χ3n) is 3.16. The maximum Gasteiger partial charge on any atom is 0.221 e. The first-order valence-electron chi connectivity index (χ1n) is 7.19. The Morgan fingerprint density at radius 3 is 2.60 bits per heavy atom. The van der Waals surface area contributed by atoms with E-state index in [-0.39, 0.29) is 11.9 Å². The quantitative estimate of drug-likeness (QED) is 0.718. The van der Waals surface area contributed by atoms with Gasteiger partial charge in [-0.15, -0.1) is 0 Å². The summed E-state index contributed by atoms with van der Waals surface area (Å²) in [6, 6.07) is 5.67. The van der Waals surface area contributed by atoms with Gasteiger partial charge in [0.1, 0.15) is 5.75 Å². The van der Waals surface area contributed by atoms with E-state index in [4.69, 9.17) is 0 Å². The lowest BCUT2D eigenvalue weighted by Crippen LogP contribution is -2.31. The second kappa shape index (κ2) is 7.90. The molecule has 1 amide bonds. The van der Waals surface area contributed by atoms with Crippen LogP contribution in [0.15, 0.2) is 18.2 Å². The molecule has 0 bridgehead atoms. The first-order chi connectivity index (χ1) is 9.40. The van der Waals surface area contributed by atoms with E-state index in [1.54, 1.807) is 6.07 Å². The fourth-order valence-electron chi connectivity index (χ4n) is 1.94. The van der Waals surface area contributed by atoms with Crippen LogP contribution >= 0.6 is 0 Å². The standard InChI is InChI=1S/C16H26N2O2/c1-11(2)10-18-16(20)7-8-17-13(4)14-6-5-12(3)9-15(14)19/h5-6,9,11,13,17,19H,7-8,10H2,1-4H3,(H,18,20). The van der Waals surface area contributed by atoms with E-state index >= 15 is 0 Å². The number of phenols is 1. The Labute approximate surface area is 121 Å². The smallest absolute Gasteiger partial charge is 0.221 e. The van der Waals surface area contributed by atoms with Gasteiger partial charge in [0.2, 0.25) is 5.91 Å². The van der Waals surface area contributed by atoms with Crippen LogP contribution in [0.2, 0.25) is 0 Å². The fraction of sp³-hybridized carbons (Fsp3) is 0.562. The molecular formula is C16H26N2O2. The van der Waals surface area contributed by atoms with Gasteiger partial charge in [-0.2, -0.15) is 0 Å². The van der Waals surface area contributed by atoms with Gasteiger partial charge in [-0.1, -0.05) is 26.0 Å². The predicted octanol–water partition coefficient (Wildman–Crippen LogP) is 2.51. The summed E-state index contributed by atoms with van der Waals surface area (Å²) in [7, 11) is 0. The van der Waals surface area contributed by atoms with Crippen LogP contribution in [-0.2, 0) is 4.79 Å². The van der Waals surface area contributed by atoms with Gasteiger partial charge < -0.3 is 15.7 Å². The summed E-state index contributed by atoms with van der Waals surface area (Å²) in [6.07, 6.45) is 0.448. The van der Waals surface area contributed by atoms with Crippen molar-refractivity contribution in [1.29, 1.82) is 0 Å². The van der Waals surface area contributed by atoms with Crippen LogP contribution in [0.25, 0.3) is 0 Å². The second-order valence-electron chi connectivity index (χ2n) is 5.69. The highest BCUT2D eigenvalue weighted by Gasteiger charge is 2.10. The number of aryl methyl sites for hydroxylation is 1. The average Bonchev–Trinajstić information content (AvgIpc) is 2.36. The Morgan fingerprint density at radius 2 is 2.00 bits per heavy atom. The number of aromatic hydroxyl groups is 1. The van der Waals surface area contributed by atoms with E-state index < -0.39 is 0 Å². The van der Waals surface area contributed by atoms with Crippen molar-refractivity contribution in [1.82, 2.24) is 10.6 Å². The van der Waals surface area contributed by atoms with Crippen molar-refractivity contribution in [3.63, 3.8) is 0 Å². The largest absolute Gasteiger partial charge is 0.508 e. The Kier molecular flexibility index (Phi) is 6.52. The van der Waals surface area contributed by atoms with E-state index in [0.29, 0.717) is 31.2 Å². The van der Waals surface area contributed by atoms with Gasteiger partial charge in [0, 0.05) is 31.1 Å². The Bertz CT molecular complexity index is 444. The molecule has 0 fully saturated rings. The predicted molar refractivity (Wildman–Crippen MR) is 81.7 cm³/mol. The molecule has 1 unspecified atom stereocenters. The summed E-state index contributed by atoms with van der Waals surface area (Å²) in [5, 5.41) is 16.0. The van der Waals surface area contributed by atoms with Crippen molar-refractivity contribution < 1.29 is 9.90 Å². The number of hydrogen-bond acceptors (Lipinski definition) is 3. The van der Waals surface area contributed by atoms with Crippen molar-refractivity contribution in [3.8, 4) is 5.75 Å². The lowest BCUT2D eigenvalue weighted by molar-refractivity contribution is -0.121. The molecular weight excluding hydrogens is 252 g/mol. The minimum Gasteiger partial charge on any atom is -0.508 e. The normalized spacial score (nSPS) is 12.4. The van der Waals surface area contributed by atoms with Crippen LogP contribution in [-0.4, -0.2) is 24.1 Å². The van der Waals surface area contributed by atoms with Gasteiger partial charge >= 0.3 is 0 Å². The molecule has 0 aliphatic rings. The topological polar surface area (TPSA) is 61.4 Å². The maximum atomic E-state index is 11.6. The molecule has 0 heterocycles. The lowest BCUT2D eigenvalue weighted by Gasteiger charge is -2.16. The third-order valence-corrected chi connectivity index (χ3v) is 3.16.